The van der Waals surface area contributed by atoms with Gasteiger partial charge < -0.3 is 14.2 Å². The van der Waals surface area contributed by atoms with Crippen molar-refractivity contribution in [1.82, 2.24) is 9.97 Å². The second-order valence-electron chi connectivity index (χ2n) is 11.5. The van der Waals surface area contributed by atoms with Crippen molar-refractivity contribution in [3.05, 3.63) is 149 Å². The van der Waals surface area contributed by atoms with Gasteiger partial charge in [0.1, 0.15) is 12.4 Å². The van der Waals surface area contributed by atoms with Crippen molar-refractivity contribution in [2.24, 2.45) is 0 Å². The molecule has 0 spiro atoms. The number of nitrogens with zero attached hydrogens (tertiary/aromatic N) is 3. The second kappa shape index (κ2) is 16.1. The molecule has 2 unspecified atom stereocenters. The molecule has 2 aromatic heterocycles. The number of aromatic nitrogens is 2. The van der Waals surface area contributed by atoms with Crippen LogP contribution in [0.2, 0.25) is 0 Å². The molecule has 0 radical (unpaired) electrons. The number of halogens is 4. The lowest BCUT2D eigenvalue weighted by Gasteiger charge is -2.29. The third-order valence-electron chi connectivity index (χ3n) is 8.08. The van der Waals surface area contributed by atoms with Gasteiger partial charge in [0.2, 0.25) is 0 Å². The topological polar surface area (TPSA) is 73.8 Å². The van der Waals surface area contributed by atoms with Crippen LogP contribution in [0.25, 0.3) is 0 Å². The molecule has 0 bridgehead atoms. The summed E-state index contributed by atoms with van der Waals surface area (Å²) in [6.45, 7) is -0.550. The highest BCUT2D eigenvalue weighted by molar-refractivity contribution is 5.87. The summed E-state index contributed by atoms with van der Waals surface area (Å²) >= 11 is 0. The summed E-state index contributed by atoms with van der Waals surface area (Å²) in [6.07, 6.45) is 4.66. The molecule has 5 aromatic rings. The predicted molar refractivity (Wildman–Crippen MR) is 177 cm³/mol. The van der Waals surface area contributed by atoms with Gasteiger partial charge >= 0.3 is 19.3 Å². The van der Waals surface area contributed by atoms with Crippen molar-refractivity contribution in [3.8, 4) is 11.5 Å². The molecule has 1 amide bonds. The molecule has 11 heteroatoms. The van der Waals surface area contributed by atoms with Gasteiger partial charge in [-0.3, -0.25) is 9.88 Å². The number of carbonyl (C=O) groups excluding carboxylic acids is 1. The van der Waals surface area contributed by atoms with Crippen LogP contribution < -0.4 is 14.4 Å². The summed E-state index contributed by atoms with van der Waals surface area (Å²) in [5.74, 6) is -1.19. The lowest BCUT2D eigenvalue weighted by atomic mass is 9.86. The minimum Gasteiger partial charge on any atom is -0.444 e. The van der Waals surface area contributed by atoms with Crippen LogP contribution in [0.1, 0.15) is 57.8 Å². The Balaban J connectivity index is 1.52. The van der Waals surface area contributed by atoms with Crippen molar-refractivity contribution in [3.63, 3.8) is 0 Å². The highest BCUT2D eigenvalue weighted by Gasteiger charge is 2.28. The zero-order chi connectivity index (χ0) is 34.9. The van der Waals surface area contributed by atoms with Crippen molar-refractivity contribution >= 4 is 11.9 Å². The van der Waals surface area contributed by atoms with Crippen LogP contribution in [0, 0.1) is 13.8 Å². The lowest BCUT2D eigenvalue weighted by molar-refractivity contribution is -0.0692. The number of anilines is 1. The van der Waals surface area contributed by atoms with E-state index in [-0.39, 0.29) is 6.61 Å². The average molecular weight is 674 g/mol. The number of amides is 1. The summed E-state index contributed by atoms with van der Waals surface area (Å²) in [4.78, 5) is 24.0. The molecular formula is C38H35F4N3O4. The molecule has 0 saturated heterocycles. The molecule has 0 saturated carbocycles. The van der Waals surface area contributed by atoms with Crippen LogP contribution >= 0.6 is 0 Å². The SMILES string of the molecule is Cc1ccc(C(C)N(C(=O)OCc2ccccc2)c2ccc(C(Cc3ccncc3)c3ccc(OC(F)F)c(OC(F)F)c3)cn2)c(C)c1. The first-order valence-electron chi connectivity index (χ1n) is 15.5. The highest BCUT2D eigenvalue weighted by Crippen LogP contribution is 2.38. The first-order valence-corrected chi connectivity index (χ1v) is 15.5. The van der Waals surface area contributed by atoms with E-state index in [4.69, 9.17) is 9.72 Å². The summed E-state index contributed by atoms with van der Waals surface area (Å²) in [5, 5.41) is 0. The molecule has 0 aliphatic heterocycles. The number of alkyl halides is 4. The summed E-state index contributed by atoms with van der Waals surface area (Å²) < 4.78 is 67.4. The molecule has 49 heavy (non-hydrogen) atoms. The van der Waals surface area contributed by atoms with E-state index in [0.717, 1.165) is 27.8 Å². The van der Waals surface area contributed by atoms with Gasteiger partial charge in [0.05, 0.1) is 6.04 Å². The third-order valence-corrected chi connectivity index (χ3v) is 8.08. The van der Waals surface area contributed by atoms with E-state index >= 15 is 0 Å². The van der Waals surface area contributed by atoms with Crippen LogP contribution in [0.5, 0.6) is 11.5 Å². The fourth-order valence-corrected chi connectivity index (χ4v) is 5.72. The Hall–Kier alpha value is -5.45. The van der Waals surface area contributed by atoms with Gasteiger partial charge in [-0.1, -0.05) is 66.2 Å². The van der Waals surface area contributed by atoms with Gasteiger partial charge in [-0.05, 0) is 90.9 Å². The molecule has 0 N–H and O–H groups in total. The minimum absolute atomic E-state index is 0.0656. The zero-order valence-electron chi connectivity index (χ0n) is 27.1. The van der Waals surface area contributed by atoms with Crippen LogP contribution in [-0.2, 0) is 17.8 Å². The largest absolute Gasteiger partial charge is 0.444 e. The van der Waals surface area contributed by atoms with E-state index < -0.39 is 42.8 Å². The Morgan fingerprint density at radius 3 is 2.12 bits per heavy atom. The van der Waals surface area contributed by atoms with Gasteiger partial charge in [0, 0.05) is 24.5 Å². The number of hydrogen-bond acceptors (Lipinski definition) is 6. The molecule has 0 fully saturated rings. The van der Waals surface area contributed by atoms with Gasteiger partial charge in [-0.25, -0.2) is 9.78 Å². The Bertz CT molecular complexity index is 1830. The Kier molecular flexibility index (Phi) is 11.5. The number of benzene rings is 3. The maximum atomic E-state index is 13.7. The number of aryl methyl sites for hydroxylation is 2. The first kappa shape index (κ1) is 34.9. The number of carbonyl (C=O) groups is 1. The molecule has 5 rings (SSSR count). The Labute approximate surface area is 282 Å². The molecule has 2 heterocycles. The van der Waals surface area contributed by atoms with Crippen molar-refractivity contribution in [1.29, 1.82) is 0 Å². The Morgan fingerprint density at radius 2 is 1.47 bits per heavy atom. The van der Waals surface area contributed by atoms with E-state index in [1.807, 2.05) is 81.4 Å². The Morgan fingerprint density at radius 1 is 0.776 bits per heavy atom. The monoisotopic (exact) mass is 673 g/mol. The number of rotatable bonds is 13. The number of hydrogen-bond donors (Lipinski definition) is 0. The number of ether oxygens (including phenoxy) is 3. The van der Waals surface area contributed by atoms with Gasteiger partial charge in [-0.2, -0.15) is 17.6 Å². The number of pyridine rings is 2. The summed E-state index contributed by atoms with van der Waals surface area (Å²) in [5.41, 5.74) is 5.88. The second-order valence-corrected chi connectivity index (χ2v) is 11.5. The minimum atomic E-state index is -3.26. The quantitative estimate of drug-likeness (QED) is 0.116. The zero-order valence-corrected chi connectivity index (χ0v) is 27.1. The van der Waals surface area contributed by atoms with Gasteiger partial charge in [-0.15, -0.1) is 0 Å². The van der Waals surface area contributed by atoms with Crippen molar-refractivity contribution in [2.45, 2.75) is 59.0 Å². The van der Waals surface area contributed by atoms with Crippen molar-refractivity contribution in [2.75, 3.05) is 4.90 Å². The van der Waals surface area contributed by atoms with E-state index in [2.05, 4.69) is 14.5 Å². The molecule has 254 valence electrons. The van der Waals surface area contributed by atoms with Crippen LogP contribution in [0.15, 0.2) is 110 Å². The first-order chi connectivity index (χ1) is 23.6. The normalized spacial score (nSPS) is 12.4. The molecule has 2 atom stereocenters. The van der Waals surface area contributed by atoms with E-state index in [1.54, 1.807) is 30.7 Å². The summed E-state index contributed by atoms with van der Waals surface area (Å²) in [6, 6.07) is 26.0. The van der Waals surface area contributed by atoms with Crippen LogP contribution in [-0.4, -0.2) is 29.3 Å². The summed E-state index contributed by atoms with van der Waals surface area (Å²) in [7, 11) is 0. The molecular weight excluding hydrogens is 638 g/mol. The van der Waals surface area contributed by atoms with Gasteiger partial charge in [0.15, 0.2) is 11.5 Å². The molecule has 7 nitrogen and oxygen atoms in total. The van der Waals surface area contributed by atoms with Crippen LogP contribution in [0.4, 0.5) is 28.2 Å². The van der Waals surface area contributed by atoms with E-state index in [1.165, 1.54) is 23.1 Å². The predicted octanol–water partition coefficient (Wildman–Crippen LogP) is 9.58. The smallest absolute Gasteiger partial charge is 0.416 e. The van der Waals surface area contributed by atoms with Crippen LogP contribution in [0.3, 0.4) is 0 Å². The maximum Gasteiger partial charge on any atom is 0.416 e. The maximum absolute atomic E-state index is 13.7. The van der Waals surface area contributed by atoms with E-state index in [0.29, 0.717) is 23.4 Å². The van der Waals surface area contributed by atoms with E-state index in [9.17, 15) is 22.4 Å². The fourth-order valence-electron chi connectivity index (χ4n) is 5.72. The average Bonchev–Trinajstić information content (AvgIpc) is 3.08. The standard InChI is InChI=1S/C38H35F4N3O4/c1-24-9-12-31(25(2)19-24)26(3)45(38(46)47-23-28-7-5-4-6-8-28)35-14-11-30(22-44-35)32(20-27-15-17-43-18-16-27)29-10-13-33(48-36(39)40)34(21-29)49-37(41)42/h4-19,21-22,26,32,36-37H,20,23H2,1-3H3. The third kappa shape index (κ3) is 9.13. The molecule has 0 aliphatic carbocycles. The fraction of sp³-hybridized carbons (Fsp3) is 0.237. The lowest BCUT2D eigenvalue weighted by Crippen LogP contribution is -2.35. The molecule has 0 aliphatic rings. The van der Waals surface area contributed by atoms with Crippen molar-refractivity contribution < 1.29 is 36.6 Å². The van der Waals surface area contributed by atoms with Gasteiger partial charge in [0.25, 0.3) is 0 Å². The highest BCUT2D eigenvalue weighted by atomic mass is 19.3. The molecule has 3 aromatic carbocycles.